The number of nitrogens with one attached hydrogen (secondary N) is 3. The molecule has 3 amide bonds. The number of benzene rings is 3. The fourth-order valence-electron chi connectivity index (χ4n) is 2.99. The molecule has 3 rings (SSSR count). The molecule has 0 aromatic heterocycles. The summed E-state index contributed by atoms with van der Waals surface area (Å²) in [6, 6.07) is 26.6. The summed E-state index contributed by atoms with van der Waals surface area (Å²) < 4.78 is 15.9. The molecule has 0 aliphatic carbocycles. The third-order valence-electron chi connectivity index (χ3n) is 4.64. The van der Waals surface area contributed by atoms with Crippen molar-refractivity contribution in [1.82, 2.24) is 0 Å². The fourth-order valence-corrected chi connectivity index (χ4v) is 2.99. The molecule has 1 atom stereocenters. The molecular formula is C26H27N3O6. The Balaban J connectivity index is 1.46. The van der Waals surface area contributed by atoms with Crippen LogP contribution in [-0.4, -0.2) is 37.6 Å². The largest absolute Gasteiger partial charge is 0.449 e. The highest BCUT2D eigenvalue weighted by Crippen LogP contribution is 2.11. The molecule has 0 saturated carbocycles. The molecule has 9 nitrogen and oxygen atoms in total. The van der Waals surface area contributed by atoms with Crippen molar-refractivity contribution in [3.05, 3.63) is 91.0 Å². The lowest BCUT2D eigenvalue weighted by molar-refractivity contribution is 0.0467. The van der Waals surface area contributed by atoms with Gasteiger partial charge in [-0.25, -0.2) is 14.4 Å². The van der Waals surface area contributed by atoms with Crippen molar-refractivity contribution in [3.8, 4) is 0 Å². The van der Waals surface area contributed by atoms with E-state index in [9.17, 15) is 14.4 Å². The van der Waals surface area contributed by atoms with E-state index in [1.165, 1.54) is 0 Å². The summed E-state index contributed by atoms with van der Waals surface area (Å²) >= 11 is 0. The monoisotopic (exact) mass is 477 g/mol. The molecule has 0 radical (unpaired) electrons. The highest BCUT2D eigenvalue weighted by atomic mass is 16.6. The zero-order valence-electron chi connectivity index (χ0n) is 19.0. The second kappa shape index (κ2) is 13.9. The molecule has 0 spiro atoms. The van der Waals surface area contributed by atoms with Crippen molar-refractivity contribution in [2.75, 3.05) is 29.2 Å². The Hall–Kier alpha value is -4.53. The number of ether oxygens (including phenoxy) is 3. The molecule has 9 heteroatoms. The summed E-state index contributed by atoms with van der Waals surface area (Å²) in [6.45, 7) is -0.0773. The number of carbonyl (C=O) groups is 3. The lowest BCUT2D eigenvalue weighted by atomic mass is 10.2. The van der Waals surface area contributed by atoms with Gasteiger partial charge in [0.05, 0.1) is 6.61 Å². The van der Waals surface area contributed by atoms with E-state index in [1.807, 2.05) is 18.2 Å². The van der Waals surface area contributed by atoms with Crippen molar-refractivity contribution >= 4 is 35.3 Å². The highest BCUT2D eigenvalue weighted by molar-refractivity contribution is 5.85. The lowest BCUT2D eigenvalue weighted by Gasteiger charge is -2.18. The third kappa shape index (κ3) is 9.87. The van der Waals surface area contributed by atoms with Crippen LogP contribution in [0, 0.1) is 0 Å². The van der Waals surface area contributed by atoms with Gasteiger partial charge in [-0.2, -0.15) is 0 Å². The van der Waals surface area contributed by atoms with Gasteiger partial charge < -0.3 is 14.2 Å². The maximum Gasteiger partial charge on any atom is 0.412 e. The average Bonchev–Trinajstić information content (AvgIpc) is 2.87. The van der Waals surface area contributed by atoms with Crippen molar-refractivity contribution in [2.24, 2.45) is 0 Å². The van der Waals surface area contributed by atoms with Gasteiger partial charge in [0.25, 0.3) is 0 Å². The van der Waals surface area contributed by atoms with E-state index in [0.717, 1.165) is 0 Å². The van der Waals surface area contributed by atoms with Crippen LogP contribution >= 0.6 is 0 Å². The van der Waals surface area contributed by atoms with Gasteiger partial charge in [0.1, 0.15) is 12.7 Å². The highest BCUT2D eigenvalue weighted by Gasteiger charge is 2.18. The Kier molecular flexibility index (Phi) is 9.96. The standard InChI is InChI=1S/C26H27N3O6/c30-24(27-20-11-4-1-5-12-20)33-18-10-17-23(35-26(32)29-22-15-8-3-9-16-22)19-34-25(31)28-21-13-6-2-7-14-21/h1-9,11-16,23H,10,17-19H2,(H,27,30)(H,28,31)(H,29,32). The Morgan fingerprint density at radius 3 is 1.51 bits per heavy atom. The molecule has 3 aromatic rings. The molecule has 0 fully saturated rings. The molecule has 3 aromatic carbocycles. The van der Waals surface area contributed by atoms with E-state index in [-0.39, 0.29) is 13.2 Å². The molecule has 0 aliphatic heterocycles. The molecule has 0 aliphatic rings. The minimum Gasteiger partial charge on any atom is -0.449 e. The van der Waals surface area contributed by atoms with Gasteiger partial charge in [-0.3, -0.25) is 16.0 Å². The number of anilines is 3. The Morgan fingerprint density at radius 2 is 1.03 bits per heavy atom. The molecule has 3 N–H and O–H groups in total. The first-order valence-electron chi connectivity index (χ1n) is 11.1. The predicted molar refractivity (Wildman–Crippen MR) is 132 cm³/mol. The number of hydrogen-bond acceptors (Lipinski definition) is 6. The number of rotatable bonds is 10. The van der Waals surface area contributed by atoms with Crippen LogP contribution < -0.4 is 16.0 Å². The molecule has 0 saturated heterocycles. The van der Waals surface area contributed by atoms with Crippen molar-refractivity contribution in [1.29, 1.82) is 0 Å². The van der Waals surface area contributed by atoms with Crippen molar-refractivity contribution in [2.45, 2.75) is 18.9 Å². The maximum absolute atomic E-state index is 12.3. The molecule has 0 heterocycles. The third-order valence-corrected chi connectivity index (χ3v) is 4.64. The first kappa shape index (κ1) is 25.1. The molecule has 0 bridgehead atoms. The average molecular weight is 478 g/mol. The SMILES string of the molecule is O=C(Nc1ccccc1)OCCCC(COC(=O)Nc1ccccc1)OC(=O)Nc1ccccc1. The summed E-state index contributed by atoms with van der Waals surface area (Å²) in [7, 11) is 0. The van der Waals surface area contributed by atoms with E-state index >= 15 is 0 Å². The minimum atomic E-state index is -0.749. The second-order valence-electron chi connectivity index (χ2n) is 7.38. The maximum atomic E-state index is 12.3. The smallest absolute Gasteiger partial charge is 0.412 e. The van der Waals surface area contributed by atoms with Crippen LogP contribution in [0.5, 0.6) is 0 Å². The lowest BCUT2D eigenvalue weighted by Crippen LogP contribution is -2.29. The number of carbonyl (C=O) groups excluding carboxylic acids is 3. The zero-order chi connectivity index (χ0) is 24.7. The van der Waals surface area contributed by atoms with Gasteiger partial charge >= 0.3 is 18.3 Å². The first-order chi connectivity index (χ1) is 17.1. The van der Waals surface area contributed by atoms with Crippen LogP contribution in [0.4, 0.5) is 31.4 Å². The van der Waals surface area contributed by atoms with E-state index in [4.69, 9.17) is 14.2 Å². The molecule has 182 valence electrons. The molecule has 35 heavy (non-hydrogen) atoms. The van der Waals surface area contributed by atoms with Gasteiger partial charge in [0.15, 0.2) is 0 Å². The van der Waals surface area contributed by atoms with E-state index < -0.39 is 24.4 Å². The van der Waals surface area contributed by atoms with Crippen LogP contribution in [0.15, 0.2) is 91.0 Å². The summed E-state index contributed by atoms with van der Waals surface area (Å²) in [5, 5.41) is 7.84. The quantitative estimate of drug-likeness (QED) is 0.248. The van der Waals surface area contributed by atoms with E-state index in [1.54, 1.807) is 72.8 Å². The van der Waals surface area contributed by atoms with E-state index in [0.29, 0.717) is 29.9 Å². The van der Waals surface area contributed by atoms with Crippen LogP contribution in [0.3, 0.4) is 0 Å². The zero-order valence-corrected chi connectivity index (χ0v) is 19.0. The number of amides is 3. The van der Waals surface area contributed by atoms with Gasteiger partial charge in [-0.05, 0) is 49.2 Å². The number of hydrogen-bond donors (Lipinski definition) is 3. The first-order valence-corrected chi connectivity index (χ1v) is 11.1. The molecular weight excluding hydrogens is 450 g/mol. The predicted octanol–water partition coefficient (Wildman–Crippen LogP) is 5.88. The molecule has 1 unspecified atom stereocenters. The van der Waals surface area contributed by atoms with Crippen LogP contribution in [-0.2, 0) is 14.2 Å². The van der Waals surface area contributed by atoms with E-state index in [2.05, 4.69) is 16.0 Å². The summed E-state index contributed by atoms with van der Waals surface area (Å²) in [5.41, 5.74) is 1.77. The Bertz CT molecular complexity index is 1060. The van der Waals surface area contributed by atoms with Crippen LogP contribution in [0.25, 0.3) is 0 Å². The van der Waals surface area contributed by atoms with Gasteiger partial charge in [-0.1, -0.05) is 54.6 Å². The summed E-state index contributed by atoms with van der Waals surface area (Å²) in [6.07, 6.45) is -2.01. The normalized spacial score (nSPS) is 11.0. The van der Waals surface area contributed by atoms with Gasteiger partial charge in [0, 0.05) is 17.1 Å². The second-order valence-corrected chi connectivity index (χ2v) is 7.38. The van der Waals surface area contributed by atoms with Crippen LogP contribution in [0.1, 0.15) is 12.8 Å². The Morgan fingerprint density at radius 1 is 0.600 bits per heavy atom. The van der Waals surface area contributed by atoms with Gasteiger partial charge in [-0.15, -0.1) is 0 Å². The summed E-state index contributed by atoms with van der Waals surface area (Å²) in [4.78, 5) is 36.4. The van der Waals surface area contributed by atoms with Crippen LogP contribution in [0.2, 0.25) is 0 Å². The topological polar surface area (TPSA) is 115 Å². The minimum absolute atomic E-state index is 0.0923. The van der Waals surface area contributed by atoms with Crippen molar-refractivity contribution < 1.29 is 28.6 Å². The van der Waals surface area contributed by atoms with Crippen molar-refractivity contribution in [3.63, 3.8) is 0 Å². The Labute approximate surface area is 203 Å². The summed E-state index contributed by atoms with van der Waals surface area (Å²) in [5.74, 6) is 0. The fraction of sp³-hybridized carbons (Fsp3) is 0.192. The number of para-hydroxylation sites is 3. The van der Waals surface area contributed by atoms with Gasteiger partial charge in [0.2, 0.25) is 0 Å².